The van der Waals surface area contributed by atoms with Crippen LogP contribution in [0, 0.1) is 5.92 Å². The third-order valence-electron chi connectivity index (χ3n) is 7.55. The van der Waals surface area contributed by atoms with Gasteiger partial charge in [0.1, 0.15) is 24.2 Å². The molecule has 5 N–H and O–H groups in total. The average molecular weight is 554 g/mol. The summed E-state index contributed by atoms with van der Waals surface area (Å²) in [5.74, 6) is -2.26. The number of amides is 4. The second kappa shape index (κ2) is 13.3. The van der Waals surface area contributed by atoms with Gasteiger partial charge in [-0.2, -0.15) is 13.2 Å². The second-order valence-corrected chi connectivity index (χ2v) is 10.4. The summed E-state index contributed by atoms with van der Waals surface area (Å²) >= 11 is 0. The van der Waals surface area contributed by atoms with Gasteiger partial charge in [-0.05, 0) is 62.3 Å². The normalized spacial score (nSPS) is 25.6. The van der Waals surface area contributed by atoms with Gasteiger partial charge < -0.3 is 26.6 Å². The van der Waals surface area contributed by atoms with Crippen molar-refractivity contribution in [1.82, 2.24) is 20.9 Å². The van der Waals surface area contributed by atoms with Crippen LogP contribution in [0.3, 0.4) is 0 Å². The molecule has 39 heavy (non-hydrogen) atoms. The van der Waals surface area contributed by atoms with Gasteiger partial charge in [0.25, 0.3) is 0 Å². The van der Waals surface area contributed by atoms with Crippen molar-refractivity contribution in [3.8, 4) is 0 Å². The predicted octanol–water partition coefficient (Wildman–Crippen LogP) is 1.88. The molecule has 1 aromatic carbocycles. The molecule has 2 aliphatic rings. The molecule has 2 fully saturated rings. The minimum Gasteiger partial charge on any atom is -0.343 e. The van der Waals surface area contributed by atoms with Crippen LogP contribution in [0.1, 0.15) is 63.5 Å². The topological polar surface area (TPSA) is 134 Å². The highest BCUT2D eigenvalue weighted by Crippen LogP contribution is 2.29. The van der Waals surface area contributed by atoms with E-state index in [0.29, 0.717) is 50.8 Å². The Bertz CT molecular complexity index is 1030. The van der Waals surface area contributed by atoms with Gasteiger partial charge in [-0.3, -0.25) is 19.2 Å². The summed E-state index contributed by atoms with van der Waals surface area (Å²) in [6.07, 6.45) is -1.53. The van der Waals surface area contributed by atoms with Crippen molar-refractivity contribution in [2.24, 2.45) is 11.7 Å². The lowest BCUT2D eigenvalue weighted by molar-refractivity contribution is -0.144. The lowest BCUT2D eigenvalue weighted by atomic mass is 9.95. The van der Waals surface area contributed by atoms with E-state index < -0.39 is 53.6 Å². The zero-order chi connectivity index (χ0) is 28.7. The molecule has 0 saturated carbocycles. The number of carbonyl (C=O) groups excluding carboxylic acids is 4. The van der Waals surface area contributed by atoms with E-state index in [2.05, 4.69) is 16.0 Å². The van der Waals surface area contributed by atoms with E-state index >= 15 is 0 Å². The summed E-state index contributed by atoms with van der Waals surface area (Å²) in [5.41, 5.74) is 5.15. The van der Waals surface area contributed by atoms with Crippen LogP contribution in [0.25, 0.3) is 0 Å². The molecule has 12 heteroatoms. The van der Waals surface area contributed by atoms with Crippen LogP contribution in [0.15, 0.2) is 24.3 Å². The van der Waals surface area contributed by atoms with E-state index in [1.54, 1.807) is 0 Å². The van der Waals surface area contributed by atoms with Crippen molar-refractivity contribution in [1.29, 1.82) is 0 Å². The first-order chi connectivity index (χ1) is 18.5. The van der Waals surface area contributed by atoms with Crippen molar-refractivity contribution in [2.75, 3.05) is 13.1 Å². The number of unbranched alkanes of at least 4 members (excludes halogenated alkanes) is 1. The largest absolute Gasteiger partial charge is 0.416 e. The first kappa shape index (κ1) is 30.4. The van der Waals surface area contributed by atoms with Gasteiger partial charge in [0, 0.05) is 13.0 Å². The first-order valence-electron chi connectivity index (χ1n) is 13.5. The fourth-order valence-electron chi connectivity index (χ4n) is 5.00. The number of hydrogen-bond acceptors (Lipinski definition) is 5. The molecular weight excluding hydrogens is 515 g/mol. The standard InChI is InChI=1S/C27H38F3N5O4/c1-3-16(2)22-26(39)35-14-6-8-21(35)25(38)32-19(7-4-5-13-31)23(36)33-20(24(37)34-22)15-17-9-11-18(12-10-17)27(28,29)30/h9-12,16,19-22H,3-8,13-15,31H2,1-2H3,(H,32,38)(H,33,36)(H,34,37)/t16?,19-,20+,21+,22-/m0/s1. The van der Waals surface area contributed by atoms with Crippen LogP contribution in [-0.4, -0.2) is 65.8 Å². The number of alkyl halides is 3. The van der Waals surface area contributed by atoms with Gasteiger partial charge >= 0.3 is 6.18 Å². The van der Waals surface area contributed by atoms with Crippen molar-refractivity contribution >= 4 is 23.6 Å². The number of halogens is 3. The van der Waals surface area contributed by atoms with Crippen molar-refractivity contribution in [3.63, 3.8) is 0 Å². The number of nitrogens with one attached hydrogen (secondary N) is 3. The van der Waals surface area contributed by atoms with Crippen LogP contribution in [-0.2, 0) is 31.8 Å². The Morgan fingerprint density at radius 2 is 1.62 bits per heavy atom. The number of nitrogens with two attached hydrogens (primary N) is 1. The Morgan fingerprint density at radius 3 is 2.23 bits per heavy atom. The third-order valence-corrected chi connectivity index (χ3v) is 7.55. The van der Waals surface area contributed by atoms with E-state index in [9.17, 15) is 32.3 Å². The van der Waals surface area contributed by atoms with E-state index in [1.807, 2.05) is 13.8 Å². The number of fused-ring (bicyclic) bond motifs is 1. The SMILES string of the molecule is CCC(C)[C@@H]1NC(=O)[C@@H](Cc2ccc(C(F)(F)F)cc2)NC(=O)[C@H](CCCCN)NC(=O)[C@H]2CCCN2C1=O. The number of benzene rings is 1. The molecule has 9 nitrogen and oxygen atoms in total. The Kier molecular flexibility index (Phi) is 10.3. The Labute approximate surface area is 226 Å². The molecule has 0 spiro atoms. The van der Waals surface area contributed by atoms with Gasteiger partial charge in [-0.15, -0.1) is 0 Å². The molecule has 0 bridgehead atoms. The molecule has 1 aromatic rings. The molecule has 2 saturated heterocycles. The molecule has 2 heterocycles. The van der Waals surface area contributed by atoms with Crippen molar-refractivity contribution < 1.29 is 32.3 Å². The summed E-state index contributed by atoms with van der Waals surface area (Å²) in [4.78, 5) is 55.2. The fraction of sp³-hybridized carbons (Fsp3) is 0.630. The van der Waals surface area contributed by atoms with Crippen LogP contribution in [0.2, 0.25) is 0 Å². The van der Waals surface area contributed by atoms with Crippen molar-refractivity contribution in [2.45, 2.75) is 89.1 Å². The number of carbonyl (C=O) groups is 4. The average Bonchev–Trinajstić information content (AvgIpc) is 3.39. The highest BCUT2D eigenvalue weighted by Gasteiger charge is 2.41. The lowest BCUT2D eigenvalue weighted by Gasteiger charge is -2.34. The van der Waals surface area contributed by atoms with Crippen LogP contribution in [0.4, 0.5) is 13.2 Å². The predicted molar refractivity (Wildman–Crippen MR) is 138 cm³/mol. The molecule has 3 rings (SSSR count). The number of rotatable bonds is 8. The van der Waals surface area contributed by atoms with Gasteiger partial charge in [0.2, 0.25) is 23.6 Å². The van der Waals surface area contributed by atoms with E-state index in [4.69, 9.17) is 5.73 Å². The zero-order valence-electron chi connectivity index (χ0n) is 22.4. The van der Waals surface area contributed by atoms with Crippen LogP contribution >= 0.6 is 0 Å². The minimum absolute atomic E-state index is 0.104. The molecule has 5 atom stereocenters. The molecule has 0 aliphatic carbocycles. The smallest absolute Gasteiger partial charge is 0.343 e. The second-order valence-electron chi connectivity index (χ2n) is 10.4. The van der Waals surface area contributed by atoms with Gasteiger partial charge in [0.05, 0.1) is 5.56 Å². The summed E-state index contributed by atoms with van der Waals surface area (Å²) in [5, 5.41) is 8.24. The monoisotopic (exact) mass is 553 g/mol. The van der Waals surface area contributed by atoms with Gasteiger partial charge in [-0.1, -0.05) is 32.4 Å². The van der Waals surface area contributed by atoms with Gasteiger partial charge in [0.15, 0.2) is 0 Å². The summed E-state index contributed by atoms with van der Waals surface area (Å²) in [6.45, 7) is 4.46. The van der Waals surface area contributed by atoms with E-state index in [-0.39, 0.29) is 24.7 Å². The Morgan fingerprint density at radius 1 is 0.974 bits per heavy atom. The molecule has 0 aromatic heterocycles. The maximum atomic E-state index is 13.6. The fourth-order valence-corrected chi connectivity index (χ4v) is 5.00. The molecule has 2 aliphatic heterocycles. The molecule has 0 radical (unpaired) electrons. The third kappa shape index (κ3) is 7.71. The van der Waals surface area contributed by atoms with E-state index in [1.165, 1.54) is 17.0 Å². The maximum Gasteiger partial charge on any atom is 0.416 e. The van der Waals surface area contributed by atoms with Crippen LogP contribution < -0.4 is 21.7 Å². The lowest BCUT2D eigenvalue weighted by Crippen LogP contribution is -2.62. The highest BCUT2D eigenvalue weighted by atomic mass is 19.4. The summed E-state index contributed by atoms with van der Waals surface area (Å²) in [6, 6.07) is 0.524. The Balaban J connectivity index is 1.95. The molecular formula is C27H38F3N5O4. The van der Waals surface area contributed by atoms with Gasteiger partial charge in [-0.25, -0.2) is 0 Å². The Hall–Kier alpha value is -3.15. The molecule has 1 unspecified atom stereocenters. The highest BCUT2D eigenvalue weighted by molar-refractivity contribution is 5.98. The van der Waals surface area contributed by atoms with Crippen LogP contribution in [0.5, 0.6) is 0 Å². The summed E-state index contributed by atoms with van der Waals surface area (Å²) < 4.78 is 39.1. The molecule has 4 amide bonds. The minimum atomic E-state index is -4.51. The zero-order valence-corrected chi connectivity index (χ0v) is 22.4. The maximum absolute atomic E-state index is 13.6. The number of nitrogens with zero attached hydrogens (tertiary/aromatic N) is 1. The summed E-state index contributed by atoms with van der Waals surface area (Å²) in [7, 11) is 0. The quantitative estimate of drug-likeness (QED) is 0.365. The number of hydrogen-bond donors (Lipinski definition) is 4. The molecule has 216 valence electrons. The first-order valence-corrected chi connectivity index (χ1v) is 13.5. The van der Waals surface area contributed by atoms with E-state index in [0.717, 1.165) is 12.1 Å². The van der Waals surface area contributed by atoms with Crippen molar-refractivity contribution in [3.05, 3.63) is 35.4 Å².